The Balaban J connectivity index is 0. The first-order chi connectivity index (χ1) is 8.79. The molecule has 0 bridgehead atoms. The van der Waals surface area contributed by atoms with Crippen LogP contribution in [-0.2, 0) is 0 Å². The van der Waals surface area contributed by atoms with Crippen LogP contribution in [0.2, 0.25) is 0 Å². The van der Waals surface area contributed by atoms with Gasteiger partial charge in [-0.2, -0.15) is 0 Å². The Kier molecular flexibility index (Phi) is 8.26. The number of rotatable bonds is 0. The Hall–Kier alpha value is -0.560. The highest BCUT2D eigenvalue weighted by Gasteiger charge is 2.50. The maximum Gasteiger partial charge on any atom is 0.0297 e. The topological polar surface area (TPSA) is 26.0 Å². The molecule has 3 aliphatic carbocycles. The molecule has 18 heavy (non-hydrogen) atoms. The van der Waals surface area contributed by atoms with E-state index in [0.717, 1.165) is 17.8 Å². The quantitative estimate of drug-likeness (QED) is 0.632. The van der Waals surface area contributed by atoms with E-state index in [1.165, 1.54) is 18.4 Å². The Bertz CT molecular complexity index is 294. The van der Waals surface area contributed by atoms with Gasteiger partial charge in [0.25, 0.3) is 0 Å². The van der Waals surface area contributed by atoms with E-state index in [4.69, 9.17) is 5.73 Å². The van der Waals surface area contributed by atoms with Crippen LogP contribution in [0.3, 0.4) is 0 Å². The van der Waals surface area contributed by atoms with Gasteiger partial charge in [-0.05, 0) is 36.2 Å². The molecule has 0 heterocycles. The molecule has 1 fully saturated rings. The van der Waals surface area contributed by atoms with E-state index in [-0.39, 0.29) is 1.43 Å². The van der Waals surface area contributed by atoms with Crippen molar-refractivity contribution in [2.24, 2.45) is 23.5 Å². The van der Waals surface area contributed by atoms with Crippen LogP contribution in [0.25, 0.3) is 0 Å². The Morgan fingerprint density at radius 2 is 1.67 bits per heavy atom. The summed E-state index contributed by atoms with van der Waals surface area (Å²) in [4.78, 5) is 0. The van der Waals surface area contributed by atoms with Crippen LogP contribution in [0.4, 0.5) is 0 Å². The van der Waals surface area contributed by atoms with Crippen molar-refractivity contribution in [3.63, 3.8) is 0 Å². The molecule has 4 atom stereocenters. The molecule has 0 aromatic carbocycles. The van der Waals surface area contributed by atoms with Crippen molar-refractivity contribution in [2.75, 3.05) is 0 Å². The van der Waals surface area contributed by atoms with Crippen molar-refractivity contribution in [1.82, 2.24) is 0 Å². The van der Waals surface area contributed by atoms with Crippen LogP contribution in [0, 0.1) is 17.8 Å². The smallest absolute Gasteiger partial charge is 0.0297 e. The molecular formula is C17H35N. The number of fused-ring (bicyclic) bond motifs is 2. The second-order valence-corrected chi connectivity index (χ2v) is 4.45. The first-order valence-electron chi connectivity index (χ1n) is 7.96. The first kappa shape index (κ1) is 17.4. The highest BCUT2D eigenvalue weighted by molar-refractivity contribution is 5.44. The lowest BCUT2D eigenvalue weighted by atomic mass is 9.99. The molecule has 1 heteroatoms. The highest BCUT2D eigenvalue weighted by Crippen LogP contribution is 2.57. The minimum atomic E-state index is 0. The van der Waals surface area contributed by atoms with Crippen molar-refractivity contribution < 1.29 is 1.43 Å². The van der Waals surface area contributed by atoms with Crippen LogP contribution in [0.5, 0.6) is 0 Å². The molecule has 108 valence electrons. The van der Waals surface area contributed by atoms with Gasteiger partial charge in [-0.3, -0.25) is 0 Å². The van der Waals surface area contributed by atoms with Gasteiger partial charge in [-0.1, -0.05) is 66.2 Å². The van der Waals surface area contributed by atoms with Crippen LogP contribution < -0.4 is 5.73 Å². The fraction of sp³-hybridized carbons (Fsp3) is 0.765. The fourth-order valence-corrected chi connectivity index (χ4v) is 2.99. The predicted molar refractivity (Wildman–Crippen MR) is 85.7 cm³/mol. The second-order valence-electron chi connectivity index (χ2n) is 4.45. The molecule has 0 aromatic heterocycles. The molecular weight excluding hydrogens is 218 g/mol. The maximum absolute atomic E-state index is 6.01. The summed E-state index contributed by atoms with van der Waals surface area (Å²) in [6, 6.07) is 0.352. The highest BCUT2D eigenvalue weighted by atomic mass is 14.7. The van der Waals surface area contributed by atoms with E-state index in [1.54, 1.807) is 5.57 Å². The zero-order chi connectivity index (χ0) is 14.3. The van der Waals surface area contributed by atoms with Crippen molar-refractivity contribution in [3.05, 3.63) is 23.3 Å². The van der Waals surface area contributed by atoms with E-state index in [1.807, 2.05) is 41.5 Å². The maximum atomic E-state index is 6.01. The lowest BCUT2D eigenvalue weighted by Gasteiger charge is -2.09. The lowest BCUT2D eigenvalue weighted by Crippen LogP contribution is -2.18. The van der Waals surface area contributed by atoms with E-state index < -0.39 is 0 Å². The molecule has 3 unspecified atom stereocenters. The third-order valence-corrected chi connectivity index (χ3v) is 3.84. The number of allylic oxidation sites excluding steroid dienone is 2. The van der Waals surface area contributed by atoms with Gasteiger partial charge in [0.2, 0.25) is 0 Å². The standard InChI is InChI=1S/C11H15N.3C2H6.H2/c1-6-7-2-3-8-9(11(6)7)4-5-10(8)12;3*1-2;/h2-3,6-7,10-11H,4-5,12H2,1H3;3*1-2H3;1H/t6?,7?,10-,11?;;;;/m1..../s1. The van der Waals surface area contributed by atoms with Gasteiger partial charge < -0.3 is 5.73 Å². The SMILES string of the molecule is CC.CC.CC.CC1C2C=CC3=C(CC[C@H]3N)C12.[HH]. The summed E-state index contributed by atoms with van der Waals surface area (Å²) >= 11 is 0. The Labute approximate surface area is 116 Å². The van der Waals surface area contributed by atoms with Crippen LogP contribution >= 0.6 is 0 Å². The molecule has 3 rings (SSSR count). The summed E-state index contributed by atoms with van der Waals surface area (Å²) in [5, 5.41) is 0. The monoisotopic (exact) mass is 253 g/mol. The summed E-state index contributed by atoms with van der Waals surface area (Å²) in [5.74, 6) is 2.66. The number of nitrogens with two attached hydrogens (primary N) is 1. The van der Waals surface area contributed by atoms with Crippen molar-refractivity contribution in [2.45, 2.75) is 67.3 Å². The summed E-state index contributed by atoms with van der Waals surface area (Å²) in [7, 11) is 0. The predicted octanol–water partition coefficient (Wildman–Crippen LogP) is 5.18. The van der Waals surface area contributed by atoms with Gasteiger partial charge in [-0.15, -0.1) is 0 Å². The summed E-state index contributed by atoms with van der Waals surface area (Å²) in [6.45, 7) is 14.4. The van der Waals surface area contributed by atoms with Gasteiger partial charge in [0.05, 0.1) is 0 Å². The van der Waals surface area contributed by atoms with Crippen LogP contribution in [0.1, 0.15) is 62.7 Å². The fourth-order valence-electron chi connectivity index (χ4n) is 2.99. The third-order valence-electron chi connectivity index (χ3n) is 3.84. The van der Waals surface area contributed by atoms with Crippen molar-refractivity contribution >= 4 is 0 Å². The van der Waals surface area contributed by atoms with E-state index >= 15 is 0 Å². The molecule has 0 spiro atoms. The van der Waals surface area contributed by atoms with Crippen molar-refractivity contribution in [1.29, 1.82) is 0 Å². The normalized spacial score (nSPS) is 33.8. The number of hydrogen-bond acceptors (Lipinski definition) is 1. The van der Waals surface area contributed by atoms with Crippen LogP contribution in [-0.4, -0.2) is 6.04 Å². The van der Waals surface area contributed by atoms with Gasteiger partial charge in [0, 0.05) is 7.47 Å². The molecule has 1 nitrogen and oxygen atoms in total. The zero-order valence-corrected chi connectivity index (χ0v) is 13.5. The summed E-state index contributed by atoms with van der Waals surface area (Å²) in [6.07, 6.45) is 7.12. The van der Waals surface area contributed by atoms with Crippen molar-refractivity contribution in [3.8, 4) is 0 Å². The van der Waals surface area contributed by atoms with Crippen LogP contribution in [0.15, 0.2) is 23.3 Å². The Morgan fingerprint density at radius 3 is 2.22 bits per heavy atom. The average molecular weight is 253 g/mol. The number of hydrogen-bond donors (Lipinski definition) is 1. The van der Waals surface area contributed by atoms with E-state index in [0.29, 0.717) is 6.04 Å². The lowest BCUT2D eigenvalue weighted by molar-refractivity contribution is 0.744. The third kappa shape index (κ3) is 3.26. The van der Waals surface area contributed by atoms with Gasteiger partial charge in [0.15, 0.2) is 0 Å². The van der Waals surface area contributed by atoms with E-state index in [2.05, 4.69) is 19.1 Å². The molecule has 0 radical (unpaired) electrons. The molecule has 0 aromatic rings. The molecule has 2 N–H and O–H groups in total. The average Bonchev–Trinajstić information content (AvgIpc) is 2.98. The minimum Gasteiger partial charge on any atom is -0.324 e. The second kappa shape index (κ2) is 8.53. The summed E-state index contributed by atoms with van der Waals surface area (Å²) in [5.41, 5.74) is 9.18. The van der Waals surface area contributed by atoms with Gasteiger partial charge >= 0.3 is 0 Å². The summed E-state index contributed by atoms with van der Waals surface area (Å²) < 4.78 is 0. The first-order valence-corrected chi connectivity index (χ1v) is 7.96. The zero-order valence-electron chi connectivity index (χ0n) is 13.5. The molecule has 0 amide bonds. The molecule has 1 saturated carbocycles. The molecule has 3 aliphatic rings. The largest absolute Gasteiger partial charge is 0.324 e. The molecule has 0 saturated heterocycles. The molecule has 0 aliphatic heterocycles. The van der Waals surface area contributed by atoms with Gasteiger partial charge in [0.1, 0.15) is 0 Å². The van der Waals surface area contributed by atoms with Gasteiger partial charge in [-0.25, -0.2) is 0 Å². The van der Waals surface area contributed by atoms with E-state index in [9.17, 15) is 0 Å². The Morgan fingerprint density at radius 1 is 1.11 bits per heavy atom. The minimum absolute atomic E-state index is 0.